The zero-order valence-electron chi connectivity index (χ0n) is 31.4. The molecular formula is C54H38N2. The lowest BCUT2D eigenvalue weighted by molar-refractivity contribution is 0.485. The summed E-state index contributed by atoms with van der Waals surface area (Å²) in [5.74, 6) is 0. The molecule has 2 heteroatoms. The van der Waals surface area contributed by atoms with Crippen molar-refractivity contribution in [1.82, 2.24) is 4.57 Å². The van der Waals surface area contributed by atoms with Crippen molar-refractivity contribution in [2.24, 2.45) is 0 Å². The van der Waals surface area contributed by atoms with Gasteiger partial charge in [0.2, 0.25) is 0 Å². The number of aromatic nitrogens is 1. The number of benzene rings is 7. The highest BCUT2D eigenvalue weighted by Crippen LogP contribution is 2.61. The van der Waals surface area contributed by atoms with Crippen molar-refractivity contribution >= 4 is 43.8 Å². The van der Waals surface area contributed by atoms with Crippen molar-refractivity contribution in [2.45, 2.75) is 37.1 Å². The second-order valence-corrected chi connectivity index (χ2v) is 16.8. The van der Waals surface area contributed by atoms with Gasteiger partial charge in [-0.3, -0.25) is 0 Å². The second kappa shape index (κ2) is 10.6. The summed E-state index contributed by atoms with van der Waals surface area (Å²) in [6, 6.07) is 52.8. The first kappa shape index (κ1) is 30.7. The van der Waals surface area contributed by atoms with Crippen LogP contribution in [-0.4, -0.2) is 10.6 Å². The Morgan fingerprint density at radius 1 is 0.554 bits per heavy atom. The van der Waals surface area contributed by atoms with E-state index in [0.29, 0.717) is 0 Å². The van der Waals surface area contributed by atoms with Gasteiger partial charge in [-0.1, -0.05) is 146 Å². The first-order chi connectivity index (χ1) is 27.5. The molecule has 7 aromatic carbocycles. The lowest BCUT2D eigenvalue weighted by Gasteiger charge is -2.44. The average Bonchev–Trinajstić information content (AvgIpc) is 3.82. The Morgan fingerprint density at radius 3 is 2.14 bits per heavy atom. The molecule has 3 heterocycles. The molecule has 0 N–H and O–H groups in total. The molecule has 8 aromatic rings. The highest BCUT2D eigenvalue weighted by atomic mass is 15.2. The summed E-state index contributed by atoms with van der Waals surface area (Å²) in [4.78, 5) is 2.70. The highest BCUT2D eigenvalue weighted by Gasteiger charge is 2.53. The standard InChI is InChI=1S/C54H38N2/c1-53-30-10-9-23-49(53)56-50-29-25-34(32-54(50,2)45-21-12-18-41(52(45)56)37-15-5-7-20-44(37)53)33-24-27-48-43(31-33)38-16-6-8-22-46(38)55(48)47-28-26-40-36-14-4-3-13-35(36)39-17-11-19-42(47)51(39)40/h3-31,49H,32H2,1-2H3. The zero-order chi connectivity index (χ0) is 36.9. The second-order valence-electron chi connectivity index (χ2n) is 16.8. The number of allylic oxidation sites excluding steroid dienone is 6. The largest absolute Gasteiger partial charge is 0.335 e. The van der Waals surface area contributed by atoms with E-state index < -0.39 is 0 Å². The minimum Gasteiger partial charge on any atom is -0.335 e. The van der Waals surface area contributed by atoms with E-state index in [1.807, 2.05) is 0 Å². The lowest BCUT2D eigenvalue weighted by Crippen LogP contribution is -2.47. The Bertz CT molecular complexity index is 3190. The summed E-state index contributed by atoms with van der Waals surface area (Å²) in [6.07, 6.45) is 15.2. The van der Waals surface area contributed by atoms with Crippen LogP contribution < -0.4 is 4.90 Å². The third-order valence-electron chi connectivity index (χ3n) is 14.0. The van der Waals surface area contributed by atoms with Gasteiger partial charge >= 0.3 is 0 Å². The number of anilines is 1. The minimum absolute atomic E-state index is 0.161. The number of nitrogens with zero attached hydrogens (tertiary/aromatic N) is 2. The first-order valence-electron chi connectivity index (χ1n) is 20.0. The van der Waals surface area contributed by atoms with E-state index >= 15 is 0 Å². The molecule has 3 aliphatic carbocycles. The van der Waals surface area contributed by atoms with E-state index in [1.165, 1.54) is 105 Å². The molecule has 0 bridgehead atoms. The van der Waals surface area contributed by atoms with Crippen molar-refractivity contribution in [3.8, 4) is 39.1 Å². The van der Waals surface area contributed by atoms with E-state index in [2.05, 4.69) is 199 Å². The maximum absolute atomic E-state index is 2.70. The van der Waals surface area contributed by atoms with E-state index in [-0.39, 0.29) is 16.9 Å². The van der Waals surface area contributed by atoms with Crippen LogP contribution in [0.25, 0.3) is 77.2 Å². The molecule has 0 radical (unpaired) electrons. The van der Waals surface area contributed by atoms with Gasteiger partial charge in [-0.2, -0.15) is 0 Å². The molecule has 1 aromatic heterocycles. The molecule has 13 rings (SSSR count). The van der Waals surface area contributed by atoms with Gasteiger partial charge in [0.15, 0.2) is 0 Å². The molecule has 2 aliphatic heterocycles. The summed E-state index contributed by atoms with van der Waals surface area (Å²) < 4.78 is 2.50. The molecule has 2 nitrogen and oxygen atoms in total. The van der Waals surface area contributed by atoms with Crippen LogP contribution in [0.5, 0.6) is 0 Å². The van der Waals surface area contributed by atoms with Gasteiger partial charge in [0.05, 0.1) is 28.5 Å². The SMILES string of the molecule is CC12CC(c3ccc4c(c3)c3ccccc3n4-c3ccc4c5c(cccc35)-c3ccccc3-4)=CC=C1N1c3c(cccc32)-c2ccccc2C2(C)C=CC=CC12. The summed E-state index contributed by atoms with van der Waals surface area (Å²) >= 11 is 0. The summed E-state index contributed by atoms with van der Waals surface area (Å²) in [7, 11) is 0. The molecule has 264 valence electrons. The fourth-order valence-electron chi connectivity index (χ4n) is 11.5. The predicted molar refractivity (Wildman–Crippen MR) is 235 cm³/mol. The molecule has 0 saturated heterocycles. The molecule has 3 unspecified atom stereocenters. The van der Waals surface area contributed by atoms with Gasteiger partial charge in [0.1, 0.15) is 0 Å². The number of hydrogen-bond donors (Lipinski definition) is 0. The fraction of sp³-hybridized carbons (Fsp3) is 0.111. The Hall–Kier alpha value is -6.64. The Labute approximate surface area is 326 Å². The van der Waals surface area contributed by atoms with Crippen molar-refractivity contribution < 1.29 is 0 Å². The number of rotatable bonds is 2. The summed E-state index contributed by atoms with van der Waals surface area (Å²) in [6.45, 7) is 4.91. The first-order valence-corrected chi connectivity index (χ1v) is 20.0. The molecule has 0 spiro atoms. The summed E-state index contributed by atoms with van der Waals surface area (Å²) in [5.41, 5.74) is 19.7. The van der Waals surface area contributed by atoms with Gasteiger partial charge in [0, 0.05) is 38.2 Å². The Kier molecular flexibility index (Phi) is 5.78. The third kappa shape index (κ3) is 3.68. The van der Waals surface area contributed by atoms with Crippen LogP contribution >= 0.6 is 0 Å². The molecular weight excluding hydrogens is 677 g/mol. The fourth-order valence-corrected chi connectivity index (χ4v) is 11.5. The number of fused-ring (bicyclic) bond motifs is 14. The molecule has 3 atom stereocenters. The maximum Gasteiger partial charge on any atom is 0.0652 e. The van der Waals surface area contributed by atoms with E-state index in [4.69, 9.17) is 0 Å². The van der Waals surface area contributed by atoms with Crippen LogP contribution in [0.1, 0.15) is 37.0 Å². The quantitative estimate of drug-likeness (QED) is 0.173. The average molecular weight is 715 g/mol. The van der Waals surface area contributed by atoms with Gasteiger partial charge in [-0.25, -0.2) is 0 Å². The van der Waals surface area contributed by atoms with Crippen molar-refractivity contribution in [2.75, 3.05) is 4.90 Å². The van der Waals surface area contributed by atoms with Crippen molar-refractivity contribution in [1.29, 1.82) is 0 Å². The van der Waals surface area contributed by atoms with Gasteiger partial charge < -0.3 is 9.47 Å². The normalized spacial score (nSPS) is 22.0. The predicted octanol–water partition coefficient (Wildman–Crippen LogP) is 13.5. The van der Waals surface area contributed by atoms with E-state index in [9.17, 15) is 0 Å². The molecule has 0 fully saturated rings. The van der Waals surface area contributed by atoms with Crippen LogP contribution in [0.2, 0.25) is 0 Å². The van der Waals surface area contributed by atoms with Gasteiger partial charge in [0.25, 0.3) is 0 Å². The molecule has 0 amide bonds. The van der Waals surface area contributed by atoms with Crippen LogP contribution in [0.3, 0.4) is 0 Å². The van der Waals surface area contributed by atoms with Crippen LogP contribution in [0.4, 0.5) is 5.69 Å². The van der Waals surface area contributed by atoms with Gasteiger partial charge in [-0.05, 0) is 106 Å². The molecule has 5 aliphatic rings. The van der Waals surface area contributed by atoms with Crippen LogP contribution in [0.15, 0.2) is 182 Å². The Morgan fingerprint density at radius 2 is 1.25 bits per heavy atom. The van der Waals surface area contributed by atoms with Crippen LogP contribution in [0, 0.1) is 0 Å². The van der Waals surface area contributed by atoms with E-state index in [0.717, 1.165) is 6.42 Å². The summed E-state index contributed by atoms with van der Waals surface area (Å²) in [5, 5.41) is 5.23. The smallest absolute Gasteiger partial charge is 0.0652 e. The number of hydrogen-bond acceptors (Lipinski definition) is 1. The maximum atomic E-state index is 2.70. The highest BCUT2D eigenvalue weighted by molar-refractivity contribution is 6.19. The molecule has 56 heavy (non-hydrogen) atoms. The van der Waals surface area contributed by atoms with E-state index in [1.54, 1.807) is 0 Å². The van der Waals surface area contributed by atoms with Crippen LogP contribution in [-0.2, 0) is 10.8 Å². The zero-order valence-corrected chi connectivity index (χ0v) is 31.4. The Balaban J connectivity index is 0.977. The third-order valence-corrected chi connectivity index (χ3v) is 14.0. The number of para-hydroxylation sites is 2. The van der Waals surface area contributed by atoms with Crippen molar-refractivity contribution in [3.05, 3.63) is 198 Å². The lowest BCUT2D eigenvalue weighted by atomic mass is 9.69. The minimum atomic E-state index is -0.164. The monoisotopic (exact) mass is 714 g/mol. The topological polar surface area (TPSA) is 8.17 Å². The van der Waals surface area contributed by atoms with Crippen molar-refractivity contribution in [3.63, 3.8) is 0 Å². The molecule has 0 saturated carbocycles. The van der Waals surface area contributed by atoms with Gasteiger partial charge in [-0.15, -0.1) is 0 Å².